The maximum Gasteiger partial charge on any atom is 0.319 e. The van der Waals surface area contributed by atoms with Crippen molar-refractivity contribution in [2.45, 2.75) is 40.2 Å². The number of benzene rings is 1. The number of thiazole rings is 1. The van der Waals surface area contributed by atoms with E-state index in [1.54, 1.807) is 35.6 Å². The molecule has 2 aromatic rings. The number of Topliss-reactive ketones (excluding diaryl/α,β-unsaturated/α-hetero) is 1. The van der Waals surface area contributed by atoms with Crippen molar-refractivity contribution < 1.29 is 9.59 Å². The molecule has 0 bridgehead atoms. The lowest BCUT2D eigenvalue weighted by Crippen LogP contribution is -2.43. The second-order valence-electron chi connectivity index (χ2n) is 6.00. The molecular formula is C17H21N3O2S. The van der Waals surface area contributed by atoms with Crippen LogP contribution >= 0.6 is 11.3 Å². The van der Waals surface area contributed by atoms with Gasteiger partial charge in [-0.05, 0) is 46.8 Å². The van der Waals surface area contributed by atoms with Crippen LogP contribution in [0.2, 0.25) is 0 Å². The van der Waals surface area contributed by atoms with Crippen LogP contribution in [0.4, 0.5) is 10.5 Å². The standard InChI is InChI=1S/C17H21N3O2S/c1-10-12(3)23-15(18-10)17(4,5)20-16(22)19-14-8-6-7-13(9-14)11(2)21/h6-9H,1-5H3,(H2,19,20,22). The second-order valence-corrected chi connectivity index (χ2v) is 7.20. The minimum Gasteiger partial charge on any atom is -0.326 e. The first-order valence-corrected chi connectivity index (χ1v) is 8.15. The Kier molecular flexibility index (Phi) is 4.85. The minimum absolute atomic E-state index is 0.0388. The second kappa shape index (κ2) is 6.50. The van der Waals surface area contributed by atoms with E-state index < -0.39 is 5.54 Å². The van der Waals surface area contributed by atoms with Gasteiger partial charge in [0.25, 0.3) is 0 Å². The fourth-order valence-corrected chi connectivity index (χ4v) is 3.03. The highest BCUT2D eigenvalue weighted by Crippen LogP contribution is 2.27. The van der Waals surface area contributed by atoms with Crippen LogP contribution in [0.15, 0.2) is 24.3 Å². The molecule has 0 atom stereocenters. The van der Waals surface area contributed by atoms with Crippen LogP contribution in [0.5, 0.6) is 0 Å². The lowest BCUT2D eigenvalue weighted by atomic mass is 10.1. The normalized spacial score (nSPS) is 11.2. The number of urea groups is 1. The van der Waals surface area contributed by atoms with E-state index in [2.05, 4.69) is 15.6 Å². The van der Waals surface area contributed by atoms with Gasteiger partial charge >= 0.3 is 6.03 Å². The van der Waals surface area contributed by atoms with Crippen LogP contribution in [0.3, 0.4) is 0 Å². The van der Waals surface area contributed by atoms with Gasteiger partial charge in [-0.3, -0.25) is 4.79 Å². The Morgan fingerprint density at radius 3 is 2.48 bits per heavy atom. The van der Waals surface area contributed by atoms with Crippen molar-refractivity contribution in [2.24, 2.45) is 0 Å². The van der Waals surface area contributed by atoms with E-state index in [4.69, 9.17) is 0 Å². The summed E-state index contributed by atoms with van der Waals surface area (Å²) in [5.41, 5.74) is 1.55. The number of aromatic nitrogens is 1. The largest absolute Gasteiger partial charge is 0.326 e. The highest BCUT2D eigenvalue weighted by atomic mass is 32.1. The summed E-state index contributed by atoms with van der Waals surface area (Å²) in [6.07, 6.45) is 0. The molecule has 1 heterocycles. The third kappa shape index (κ3) is 4.16. The average Bonchev–Trinajstić information content (AvgIpc) is 2.79. The molecule has 1 aromatic carbocycles. The third-order valence-electron chi connectivity index (χ3n) is 3.52. The van der Waals surface area contributed by atoms with E-state index in [-0.39, 0.29) is 11.8 Å². The number of anilines is 1. The molecule has 0 radical (unpaired) electrons. The molecule has 0 saturated carbocycles. The zero-order valence-electron chi connectivity index (χ0n) is 14.0. The quantitative estimate of drug-likeness (QED) is 0.831. The van der Waals surface area contributed by atoms with Gasteiger partial charge < -0.3 is 10.6 Å². The molecule has 0 aliphatic rings. The highest BCUT2D eigenvalue weighted by Gasteiger charge is 2.27. The Labute approximate surface area is 140 Å². The zero-order valence-corrected chi connectivity index (χ0v) is 14.8. The number of ketones is 1. The molecule has 0 saturated heterocycles. The van der Waals surface area contributed by atoms with Crippen LogP contribution in [-0.2, 0) is 5.54 Å². The number of rotatable bonds is 4. The topological polar surface area (TPSA) is 71.1 Å². The Morgan fingerprint density at radius 2 is 1.91 bits per heavy atom. The number of carbonyl (C=O) groups excluding carboxylic acids is 2. The van der Waals surface area contributed by atoms with E-state index in [9.17, 15) is 9.59 Å². The summed E-state index contributed by atoms with van der Waals surface area (Å²) >= 11 is 1.58. The number of nitrogens with one attached hydrogen (secondary N) is 2. The molecule has 0 aliphatic carbocycles. The number of aryl methyl sites for hydroxylation is 2. The average molecular weight is 331 g/mol. The fraction of sp³-hybridized carbons (Fsp3) is 0.353. The van der Waals surface area contributed by atoms with Gasteiger partial charge in [-0.2, -0.15) is 0 Å². The van der Waals surface area contributed by atoms with Crippen molar-refractivity contribution in [1.29, 1.82) is 0 Å². The van der Waals surface area contributed by atoms with Gasteiger partial charge in [0.15, 0.2) is 5.78 Å². The molecule has 6 heteroatoms. The van der Waals surface area contributed by atoms with Crippen LogP contribution in [0.25, 0.3) is 0 Å². The molecule has 2 amide bonds. The Bertz CT molecular complexity index is 731. The summed E-state index contributed by atoms with van der Waals surface area (Å²) in [6.45, 7) is 9.29. The predicted octanol–water partition coefficient (Wildman–Crippen LogP) is 4.02. The molecule has 2 N–H and O–H groups in total. The van der Waals surface area contributed by atoms with Crippen molar-refractivity contribution in [3.63, 3.8) is 0 Å². The molecule has 0 aliphatic heterocycles. The van der Waals surface area contributed by atoms with E-state index in [0.29, 0.717) is 11.3 Å². The van der Waals surface area contributed by atoms with Gasteiger partial charge in [0.05, 0.1) is 11.2 Å². The number of hydrogen-bond donors (Lipinski definition) is 2. The Morgan fingerprint density at radius 1 is 1.22 bits per heavy atom. The van der Waals surface area contributed by atoms with Gasteiger partial charge in [-0.25, -0.2) is 9.78 Å². The maximum absolute atomic E-state index is 12.2. The summed E-state index contributed by atoms with van der Waals surface area (Å²) < 4.78 is 0. The first kappa shape index (κ1) is 17.1. The van der Waals surface area contributed by atoms with Crippen molar-refractivity contribution >= 4 is 28.8 Å². The third-order valence-corrected chi connectivity index (χ3v) is 4.91. The van der Waals surface area contributed by atoms with E-state index in [0.717, 1.165) is 15.6 Å². The Balaban J connectivity index is 2.09. The number of nitrogens with zero attached hydrogens (tertiary/aromatic N) is 1. The van der Waals surface area contributed by atoms with Crippen LogP contribution in [0, 0.1) is 13.8 Å². The minimum atomic E-state index is -0.577. The number of carbonyl (C=O) groups is 2. The summed E-state index contributed by atoms with van der Waals surface area (Å²) in [5, 5.41) is 6.54. The van der Waals surface area contributed by atoms with E-state index in [1.165, 1.54) is 6.92 Å². The summed E-state index contributed by atoms with van der Waals surface area (Å²) in [7, 11) is 0. The monoisotopic (exact) mass is 331 g/mol. The fourth-order valence-electron chi connectivity index (χ4n) is 2.06. The summed E-state index contributed by atoms with van der Waals surface area (Å²) in [4.78, 5) is 29.3. The summed E-state index contributed by atoms with van der Waals surface area (Å²) in [6, 6.07) is 6.53. The molecule has 122 valence electrons. The van der Waals surface area contributed by atoms with Crippen LogP contribution in [-0.4, -0.2) is 16.8 Å². The first-order valence-electron chi connectivity index (χ1n) is 7.34. The van der Waals surface area contributed by atoms with Crippen molar-refractivity contribution in [3.05, 3.63) is 45.4 Å². The van der Waals surface area contributed by atoms with E-state index >= 15 is 0 Å². The van der Waals surface area contributed by atoms with Gasteiger partial charge in [0, 0.05) is 16.1 Å². The molecule has 0 spiro atoms. The van der Waals surface area contributed by atoms with Crippen molar-refractivity contribution in [1.82, 2.24) is 10.3 Å². The maximum atomic E-state index is 12.2. The molecule has 1 aromatic heterocycles. The van der Waals surface area contributed by atoms with Crippen LogP contribution < -0.4 is 10.6 Å². The van der Waals surface area contributed by atoms with E-state index in [1.807, 2.05) is 27.7 Å². The van der Waals surface area contributed by atoms with Crippen molar-refractivity contribution in [2.75, 3.05) is 5.32 Å². The summed E-state index contributed by atoms with van der Waals surface area (Å²) in [5.74, 6) is -0.0388. The zero-order chi connectivity index (χ0) is 17.2. The molecule has 2 rings (SSSR count). The molecular weight excluding hydrogens is 310 g/mol. The number of hydrogen-bond acceptors (Lipinski definition) is 4. The van der Waals surface area contributed by atoms with Crippen molar-refractivity contribution in [3.8, 4) is 0 Å². The highest BCUT2D eigenvalue weighted by molar-refractivity contribution is 7.11. The van der Waals surface area contributed by atoms with Crippen LogP contribution in [0.1, 0.15) is 46.7 Å². The Hall–Kier alpha value is -2.21. The molecule has 0 unspecified atom stereocenters. The van der Waals surface area contributed by atoms with Gasteiger partial charge in [-0.1, -0.05) is 12.1 Å². The molecule has 5 nitrogen and oxygen atoms in total. The molecule has 23 heavy (non-hydrogen) atoms. The molecule has 0 fully saturated rings. The predicted molar refractivity (Wildman–Crippen MR) is 93.2 cm³/mol. The lowest BCUT2D eigenvalue weighted by Gasteiger charge is -2.24. The van der Waals surface area contributed by atoms with Gasteiger partial charge in [0.1, 0.15) is 5.01 Å². The first-order chi connectivity index (χ1) is 10.7. The smallest absolute Gasteiger partial charge is 0.319 e. The SMILES string of the molecule is CC(=O)c1cccc(NC(=O)NC(C)(C)c2nc(C)c(C)s2)c1. The lowest BCUT2D eigenvalue weighted by molar-refractivity contribution is 0.101. The number of amides is 2. The van der Waals surface area contributed by atoms with Gasteiger partial charge in [0.2, 0.25) is 0 Å². The van der Waals surface area contributed by atoms with Gasteiger partial charge in [-0.15, -0.1) is 11.3 Å².